The highest BCUT2D eigenvalue weighted by atomic mass is 32.2. The fourth-order valence-corrected chi connectivity index (χ4v) is 14.7. The third kappa shape index (κ3) is 20.5. The molecule has 0 spiro atoms. The van der Waals surface area contributed by atoms with E-state index >= 15 is 9.59 Å². The van der Waals surface area contributed by atoms with Gasteiger partial charge in [-0.2, -0.15) is 11.8 Å². The summed E-state index contributed by atoms with van der Waals surface area (Å²) >= 11 is 1.39. The number of nitrogens with one attached hydrogen (secondary N) is 14. The van der Waals surface area contributed by atoms with Crippen LogP contribution in [-0.2, 0) is 76.8 Å². The van der Waals surface area contributed by atoms with Gasteiger partial charge in [0.1, 0.15) is 66.5 Å². The van der Waals surface area contributed by atoms with Gasteiger partial charge in [-0.3, -0.25) is 62.9 Å². The normalized spacial score (nSPS) is 19.7. The van der Waals surface area contributed by atoms with Crippen LogP contribution in [0, 0.1) is 11.3 Å². The van der Waals surface area contributed by atoms with E-state index in [4.69, 9.17) is 16.9 Å². The van der Waals surface area contributed by atoms with Gasteiger partial charge in [-0.15, -0.1) is 0 Å². The third-order valence-electron chi connectivity index (χ3n) is 19.9. The fraction of sp³-hybridized carbons (Fsp3) is 0.549. The molecule has 0 radical (unpaired) electrons. The van der Waals surface area contributed by atoms with Crippen molar-refractivity contribution in [3.63, 3.8) is 0 Å². The third-order valence-corrected chi connectivity index (χ3v) is 20.6. The molecule has 13 atom stereocenters. The van der Waals surface area contributed by atoms with Crippen LogP contribution in [0.5, 0.6) is 0 Å². The van der Waals surface area contributed by atoms with Gasteiger partial charge >= 0.3 is 0 Å². The number of para-hydroxylation sites is 2. The number of benzene rings is 2. The second-order valence-electron chi connectivity index (χ2n) is 27.8. The number of primary amides is 1. The first-order chi connectivity index (χ1) is 50.8. The zero-order valence-electron chi connectivity index (χ0n) is 60.0. The number of guanidine groups is 1. The Morgan fingerprint density at radius 2 is 1.09 bits per heavy atom. The largest absolute Gasteiger partial charge is 0.394 e. The lowest BCUT2D eigenvalue weighted by atomic mass is 9.99. The summed E-state index contributed by atoms with van der Waals surface area (Å²) in [6.07, 6.45) is 9.64. The van der Waals surface area contributed by atoms with Crippen LogP contribution in [-0.4, -0.2) is 252 Å². The second kappa shape index (κ2) is 37.7. The lowest BCUT2D eigenvalue weighted by molar-refractivity contribution is -0.148. The van der Waals surface area contributed by atoms with Gasteiger partial charge < -0.3 is 104 Å². The first-order valence-corrected chi connectivity index (χ1v) is 37.6. The maximum absolute atomic E-state index is 15.1. The molecule has 5 aromatic rings. The Kier molecular flexibility index (Phi) is 28.5. The summed E-state index contributed by atoms with van der Waals surface area (Å²) in [6, 6.07) is -0.0189. The molecule has 4 aliphatic rings. The second-order valence-corrected chi connectivity index (χ2v) is 28.8. The number of nitrogens with zero attached hydrogens (tertiary/aromatic N) is 4. The number of aliphatic hydroxyl groups excluding tert-OH is 2. The Hall–Kier alpha value is -10.1. The Morgan fingerprint density at radius 3 is 1.64 bits per heavy atom. The van der Waals surface area contributed by atoms with E-state index in [2.05, 4.69) is 73.1 Å². The summed E-state index contributed by atoms with van der Waals surface area (Å²) in [5.41, 5.74) is 14.2. The summed E-state index contributed by atoms with van der Waals surface area (Å²) in [6.45, 7) is 4.87. The van der Waals surface area contributed by atoms with Crippen molar-refractivity contribution >= 4 is 110 Å². The number of likely N-dealkylation sites (tertiary alicyclic amines) is 3. The van der Waals surface area contributed by atoms with Crippen LogP contribution in [0.2, 0.25) is 0 Å². The predicted octanol–water partition coefficient (Wildman–Crippen LogP) is -2.47. The predicted molar refractivity (Wildman–Crippen MR) is 392 cm³/mol. The quantitative estimate of drug-likeness (QED) is 0.0112. The van der Waals surface area contributed by atoms with Gasteiger partial charge in [0.25, 0.3) is 0 Å². The number of aromatic nitrogens is 4. The van der Waals surface area contributed by atoms with E-state index in [0.717, 1.165) is 28.4 Å². The number of thioether (sulfide) groups is 1. The van der Waals surface area contributed by atoms with Crippen molar-refractivity contribution < 1.29 is 67.7 Å². The molecule has 4 fully saturated rings. The molecule has 0 unspecified atom stereocenters. The van der Waals surface area contributed by atoms with Crippen molar-refractivity contribution in [2.75, 3.05) is 51.3 Å². The molecule has 0 bridgehead atoms. The molecule has 34 nitrogen and oxygen atoms in total. The molecule has 12 amide bonds. The molecular formula is C71H100N20O14S. The minimum absolute atomic E-state index is 0.0578. The Bertz CT molecular complexity index is 3950. The molecule has 0 aliphatic carbocycles. The molecule has 7 heterocycles. The Labute approximate surface area is 617 Å². The molecule has 20 N–H and O–H groups in total. The topological polar surface area (TPSA) is 511 Å². The smallest absolute Gasteiger partial charge is 0.246 e. The molecule has 4 saturated heterocycles. The van der Waals surface area contributed by atoms with Gasteiger partial charge in [0, 0.05) is 85.8 Å². The van der Waals surface area contributed by atoms with E-state index in [1.165, 1.54) is 45.9 Å². The maximum Gasteiger partial charge on any atom is 0.246 e. The van der Waals surface area contributed by atoms with Crippen molar-refractivity contribution in [1.29, 1.82) is 5.41 Å². The van der Waals surface area contributed by atoms with E-state index in [1.807, 2.05) is 48.7 Å². The van der Waals surface area contributed by atoms with E-state index in [0.29, 0.717) is 54.6 Å². The number of aromatic amines is 3. The van der Waals surface area contributed by atoms with Crippen LogP contribution in [0.25, 0.3) is 21.8 Å². The van der Waals surface area contributed by atoms with Gasteiger partial charge in [0.2, 0.25) is 70.9 Å². The lowest BCUT2D eigenvalue weighted by Crippen LogP contribution is -2.61. The Balaban J connectivity index is 0.876. The number of nitrogens with two attached hydrogens (primary N) is 2. The van der Waals surface area contributed by atoms with Crippen molar-refractivity contribution in [3.05, 3.63) is 90.3 Å². The Morgan fingerprint density at radius 1 is 0.585 bits per heavy atom. The number of carbonyl (C=O) groups excluding carboxylic acids is 12. The van der Waals surface area contributed by atoms with Crippen molar-refractivity contribution in [3.8, 4) is 0 Å². The molecule has 0 saturated carbocycles. The van der Waals surface area contributed by atoms with Gasteiger partial charge in [-0.1, -0.05) is 50.2 Å². The standard InChI is InChI=1S/C71H100N20O14S/c1-38(2)57(87-63(98)51(83-60(95)47-18-9-24-76-47)31-41-34-79-46-17-8-6-15-44(41)46)70(105)90-27-12-21-55(90)67(102)86-53(36-92)65(100)84-50(30-40-33-78-45-16-7-5-14-43(40)45)62(97)82-49(23-29-106-4)68(103)91-28-13-22-56(91)69(104)89-26-11-20-54(89)66(101)81-48(19-10-25-77-71(73)74)61(96)85-52(32-42-35-75-37-80-42)64(99)88-58(39(3)93)59(72)94/h5-8,14-17,33-35,37-39,47-58,76,78-79,92-93H,9-13,18-32,36H2,1-4H3,(H2,72,94)(H,75,80)(H,81,101)(H,82,97)(H,83,95)(H,84,100)(H,85,96)(H,86,102)(H,87,98)(H,88,99)(H4,73,74,77)/t39-,47+,48+,49+,50+,51+,52+,53+,54+,55+,56+,57+,58+/m0/s1. The molecule has 106 heavy (non-hydrogen) atoms. The molecule has 574 valence electrons. The first-order valence-electron chi connectivity index (χ1n) is 36.2. The highest BCUT2D eigenvalue weighted by Crippen LogP contribution is 2.28. The van der Waals surface area contributed by atoms with Gasteiger partial charge in [-0.05, 0) is 125 Å². The van der Waals surface area contributed by atoms with Crippen LogP contribution in [0.4, 0.5) is 0 Å². The number of carbonyl (C=O) groups is 12. The van der Waals surface area contributed by atoms with Gasteiger partial charge in [0.05, 0.1) is 30.8 Å². The maximum atomic E-state index is 15.1. The molecule has 4 aliphatic heterocycles. The molecule has 3 aromatic heterocycles. The fourth-order valence-electron chi connectivity index (χ4n) is 14.2. The summed E-state index contributed by atoms with van der Waals surface area (Å²) in [4.78, 5) is 189. The average molecular weight is 1490 g/mol. The summed E-state index contributed by atoms with van der Waals surface area (Å²) < 4.78 is 0. The minimum atomic E-state index is -1.67. The van der Waals surface area contributed by atoms with Crippen LogP contribution < -0.4 is 64.6 Å². The monoisotopic (exact) mass is 1490 g/mol. The SMILES string of the molecule is CSCC[C@@H](NC(=O)[C@@H](Cc1c[nH]c2ccccc12)NC(=O)[C@@H](CO)NC(=O)[C@H]1CCCN1C(=O)[C@H](NC(=O)[C@@H](Cc1c[nH]c2ccccc12)NC(=O)[C@H]1CCCN1)C(C)C)C(=O)N1CCC[C@@H]1C(=O)N1CCC[C@@H]1C(=O)N[C@H](CCCNC(=N)N)C(=O)N[C@H](Cc1c[nH]cn1)C(=O)N[C@@H](C(N)=O)[C@H](C)O. The lowest BCUT2D eigenvalue weighted by Gasteiger charge is -2.34. The number of hydrogen-bond donors (Lipinski definition) is 18. The molecule has 35 heteroatoms. The van der Waals surface area contributed by atoms with Crippen LogP contribution >= 0.6 is 11.8 Å². The van der Waals surface area contributed by atoms with Crippen LogP contribution in [0.1, 0.15) is 108 Å². The van der Waals surface area contributed by atoms with Crippen molar-refractivity contribution in [2.24, 2.45) is 17.4 Å². The minimum Gasteiger partial charge on any atom is -0.394 e. The summed E-state index contributed by atoms with van der Waals surface area (Å²) in [5.74, 6) is -9.25. The zero-order valence-corrected chi connectivity index (χ0v) is 60.8. The molecule has 9 rings (SSSR count). The van der Waals surface area contributed by atoms with Crippen LogP contribution in [0.15, 0.2) is 73.4 Å². The van der Waals surface area contributed by atoms with Crippen LogP contribution in [0.3, 0.4) is 0 Å². The number of fused-ring (bicyclic) bond motifs is 2. The molecular weight excluding hydrogens is 1390 g/mol. The van der Waals surface area contributed by atoms with E-state index in [1.54, 1.807) is 32.3 Å². The number of imidazole rings is 1. The van der Waals surface area contributed by atoms with E-state index in [9.17, 15) is 58.2 Å². The summed E-state index contributed by atoms with van der Waals surface area (Å²) in [7, 11) is 0. The average Bonchev–Trinajstić information content (AvgIpc) is 1.62. The van der Waals surface area contributed by atoms with Crippen molar-refractivity contribution in [2.45, 2.75) is 189 Å². The first kappa shape index (κ1) is 80.0. The van der Waals surface area contributed by atoms with Gasteiger partial charge in [0.15, 0.2) is 5.96 Å². The highest BCUT2D eigenvalue weighted by Gasteiger charge is 2.46. The number of rotatable bonds is 36. The number of amides is 12. The van der Waals surface area contributed by atoms with E-state index < -0.39 is 156 Å². The van der Waals surface area contributed by atoms with Crippen molar-refractivity contribution in [1.82, 2.24) is 87.8 Å². The number of hydrogen-bond acceptors (Lipinski definition) is 18. The molecule has 2 aromatic carbocycles. The number of H-pyrrole nitrogens is 3. The van der Waals surface area contributed by atoms with Gasteiger partial charge in [-0.25, -0.2) is 4.98 Å². The summed E-state index contributed by atoms with van der Waals surface area (Å²) in [5, 5.41) is 57.9. The zero-order chi connectivity index (χ0) is 76.3. The highest BCUT2D eigenvalue weighted by molar-refractivity contribution is 7.98. The van der Waals surface area contributed by atoms with E-state index in [-0.39, 0.29) is 95.8 Å². The number of aliphatic hydroxyl groups is 2.